The zero-order chi connectivity index (χ0) is 12.1. The van der Waals surface area contributed by atoms with Crippen molar-refractivity contribution in [2.45, 2.75) is 19.3 Å². The van der Waals surface area contributed by atoms with Gasteiger partial charge in [0.25, 0.3) is 5.91 Å². The summed E-state index contributed by atoms with van der Waals surface area (Å²) < 4.78 is 1.16. The maximum atomic E-state index is 11.8. The molecule has 0 radical (unpaired) electrons. The summed E-state index contributed by atoms with van der Waals surface area (Å²) in [5.74, 6) is 0.0566. The molecule has 0 saturated carbocycles. The number of amides is 1. The summed E-state index contributed by atoms with van der Waals surface area (Å²) in [5, 5.41) is 4.90. The number of hydrogen-bond donors (Lipinski definition) is 1. The summed E-state index contributed by atoms with van der Waals surface area (Å²) in [6, 6.07) is 1.93. The van der Waals surface area contributed by atoms with Crippen LogP contribution in [0.5, 0.6) is 0 Å². The molecule has 1 saturated heterocycles. The number of likely N-dealkylation sites (tertiary alicyclic amines) is 1. The van der Waals surface area contributed by atoms with Gasteiger partial charge in [0.05, 0.1) is 8.45 Å². The Hall–Kier alpha value is -0.140. The smallest absolute Gasteiger partial charge is 0.252 e. The summed E-state index contributed by atoms with van der Waals surface area (Å²) in [6.45, 7) is 4.11. The molecule has 1 N–H and O–H groups in total. The van der Waals surface area contributed by atoms with Crippen molar-refractivity contribution in [2.75, 3.05) is 26.2 Å². The fourth-order valence-electron chi connectivity index (χ4n) is 2.04. The molecule has 0 unspecified atom stereocenters. The third-order valence-corrected chi connectivity index (χ3v) is 4.78. The maximum Gasteiger partial charge on any atom is 0.252 e. The van der Waals surface area contributed by atoms with Crippen molar-refractivity contribution in [3.63, 3.8) is 0 Å². The van der Waals surface area contributed by atoms with Crippen molar-refractivity contribution in [3.8, 4) is 0 Å². The number of halogens is 1. The minimum absolute atomic E-state index is 0.0566. The van der Waals surface area contributed by atoms with Crippen molar-refractivity contribution in [2.24, 2.45) is 0 Å². The van der Waals surface area contributed by atoms with Crippen LogP contribution in [0.15, 0.2) is 11.4 Å². The van der Waals surface area contributed by atoms with E-state index in [1.165, 1.54) is 32.4 Å². The van der Waals surface area contributed by atoms with Crippen molar-refractivity contribution < 1.29 is 4.79 Å². The molecule has 0 aliphatic carbocycles. The Kier molecular flexibility index (Phi) is 5.24. The Bertz CT molecular complexity index is 374. The Morgan fingerprint density at radius 1 is 1.41 bits per heavy atom. The van der Waals surface area contributed by atoms with Gasteiger partial charge in [-0.25, -0.2) is 0 Å². The molecule has 5 heteroatoms. The number of nitrogens with one attached hydrogen (secondary N) is 1. The van der Waals surface area contributed by atoms with Gasteiger partial charge in [-0.2, -0.15) is 0 Å². The highest BCUT2D eigenvalue weighted by molar-refractivity contribution is 14.1. The Morgan fingerprint density at radius 3 is 2.82 bits per heavy atom. The van der Waals surface area contributed by atoms with Crippen molar-refractivity contribution >= 4 is 39.8 Å². The Balaban J connectivity index is 1.69. The largest absolute Gasteiger partial charge is 0.351 e. The molecule has 1 aliphatic rings. The summed E-state index contributed by atoms with van der Waals surface area (Å²) in [4.78, 5) is 14.2. The molecule has 0 bridgehead atoms. The predicted octanol–water partition coefficient (Wildman–Crippen LogP) is 2.57. The lowest BCUT2D eigenvalue weighted by molar-refractivity contribution is 0.0947. The van der Waals surface area contributed by atoms with Gasteiger partial charge in [0.15, 0.2) is 0 Å². The minimum Gasteiger partial charge on any atom is -0.351 e. The van der Waals surface area contributed by atoms with Crippen LogP contribution in [0.25, 0.3) is 0 Å². The number of thiophene rings is 1. The van der Waals surface area contributed by atoms with E-state index in [1.807, 2.05) is 11.4 Å². The Labute approximate surface area is 120 Å². The fraction of sp³-hybridized carbons (Fsp3) is 0.583. The minimum atomic E-state index is 0.0566. The molecule has 0 atom stereocenters. The van der Waals surface area contributed by atoms with Gasteiger partial charge in [0.2, 0.25) is 0 Å². The van der Waals surface area contributed by atoms with Gasteiger partial charge >= 0.3 is 0 Å². The number of rotatable bonds is 4. The zero-order valence-corrected chi connectivity index (χ0v) is 12.7. The molecule has 2 rings (SSSR count). The molecule has 1 aromatic heterocycles. The molecule has 2 heterocycles. The van der Waals surface area contributed by atoms with E-state index in [0.29, 0.717) is 0 Å². The normalized spacial score (nSPS) is 17.0. The van der Waals surface area contributed by atoms with Crippen LogP contribution in [-0.2, 0) is 0 Å². The summed E-state index contributed by atoms with van der Waals surface area (Å²) >= 11 is 3.85. The topological polar surface area (TPSA) is 32.3 Å². The number of hydrogen-bond acceptors (Lipinski definition) is 3. The molecule has 1 aromatic rings. The van der Waals surface area contributed by atoms with Crippen LogP contribution < -0.4 is 5.32 Å². The van der Waals surface area contributed by atoms with Crippen LogP contribution in [0.3, 0.4) is 0 Å². The summed E-state index contributed by atoms with van der Waals surface area (Å²) in [6.07, 6.45) is 3.96. The van der Waals surface area contributed by atoms with Crippen LogP contribution in [0, 0.1) is 2.88 Å². The van der Waals surface area contributed by atoms with E-state index in [9.17, 15) is 4.79 Å². The molecule has 0 spiro atoms. The maximum absolute atomic E-state index is 11.8. The standard InChI is InChI=1S/C12H17IN2OS/c13-11-8-10(9-17-11)12(16)14-4-7-15-5-2-1-3-6-15/h8-9H,1-7H2,(H,14,16). The van der Waals surface area contributed by atoms with E-state index in [2.05, 4.69) is 32.8 Å². The fourth-order valence-corrected chi connectivity index (χ4v) is 3.37. The van der Waals surface area contributed by atoms with Crippen LogP contribution in [0.2, 0.25) is 0 Å². The van der Waals surface area contributed by atoms with Crippen molar-refractivity contribution in [3.05, 3.63) is 19.9 Å². The van der Waals surface area contributed by atoms with E-state index in [1.54, 1.807) is 11.3 Å². The predicted molar refractivity (Wildman–Crippen MR) is 79.7 cm³/mol. The molecular weight excluding hydrogens is 347 g/mol. The van der Waals surface area contributed by atoms with Gasteiger partial charge in [-0.1, -0.05) is 6.42 Å². The lowest BCUT2D eigenvalue weighted by Crippen LogP contribution is -2.37. The number of nitrogens with zero attached hydrogens (tertiary/aromatic N) is 1. The SMILES string of the molecule is O=C(NCCN1CCCCC1)c1csc(I)c1. The average molecular weight is 364 g/mol. The number of carbonyl (C=O) groups excluding carboxylic acids is 1. The summed E-state index contributed by atoms with van der Waals surface area (Å²) in [5.41, 5.74) is 0.790. The van der Waals surface area contributed by atoms with Crippen LogP contribution in [0.4, 0.5) is 0 Å². The van der Waals surface area contributed by atoms with Gasteiger partial charge in [-0.05, 0) is 54.6 Å². The van der Waals surface area contributed by atoms with Gasteiger partial charge in [0.1, 0.15) is 0 Å². The van der Waals surface area contributed by atoms with Crippen molar-refractivity contribution in [1.82, 2.24) is 10.2 Å². The van der Waals surface area contributed by atoms with Crippen LogP contribution in [-0.4, -0.2) is 37.0 Å². The van der Waals surface area contributed by atoms with Crippen LogP contribution in [0.1, 0.15) is 29.6 Å². The first-order valence-electron chi connectivity index (χ1n) is 6.00. The Morgan fingerprint density at radius 2 is 2.18 bits per heavy atom. The third kappa shape index (κ3) is 4.22. The van der Waals surface area contributed by atoms with Gasteiger partial charge < -0.3 is 10.2 Å². The third-order valence-electron chi connectivity index (χ3n) is 2.99. The number of carbonyl (C=O) groups is 1. The molecular formula is C12H17IN2OS. The van der Waals surface area contributed by atoms with Crippen LogP contribution >= 0.6 is 33.9 Å². The molecule has 1 fully saturated rings. The molecule has 17 heavy (non-hydrogen) atoms. The quantitative estimate of drug-likeness (QED) is 0.833. The lowest BCUT2D eigenvalue weighted by Gasteiger charge is -2.26. The van der Waals surface area contributed by atoms with Gasteiger partial charge in [0, 0.05) is 18.5 Å². The van der Waals surface area contributed by atoms with Gasteiger partial charge in [-0.3, -0.25) is 4.79 Å². The molecule has 1 aliphatic heterocycles. The summed E-state index contributed by atoms with van der Waals surface area (Å²) in [7, 11) is 0. The van der Waals surface area contributed by atoms with E-state index >= 15 is 0 Å². The monoisotopic (exact) mass is 364 g/mol. The van der Waals surface area contributed by atoms with E-state index in [0.717, 1.165) is 21.5 Å². The number of piperidine rings is 1. The van der Waals surface area contributed by atoms with Crippen molar-refractivity contribution in [1.29, 1.82) is 0 Å². The first-order chi connectivity index (χ1) is 8.25. The second kappa shape index (κ2) is 6.70. The van der Waals surface area contributed by atoms with E-state index < -0.39 is 0 Å². The first-order valence-corrected chi connectivity index (χ1v) is 7.96. The second-order valence-electron chi connectivity index (χ2n) is 4.30. The highest BCUT2D eigenvalue weighted by Crippen LogP contribution is 2.16. The average Bonchev–Trinajstić information content (AvgIpc) is 2.77. The first kappa shape index (κ1) is 13.3. The zero-order valence-electron chi connectivity index (χ0n) is 9.75. The molecule has 3 nitrogen and oxygen atoms in total. The van der Waals surface area contributed by atoms with E-state index in [4.69, 9.17) is 0 Å². The molecule has 0 aromatic carbocycles. The van der Waals surface area contributed by atoms with E-state index in [-0.39, 0.29) is 5.91 Å². The molecule has 1 amide bonds. The second-order valence-corrected chi connectivity index (χ2v) is 7.10. The lowest BCUT2D eigenvalue weighted by atomic mass is 10.1. The highest BCUT2D eigenvalue weighted by atomic mass is 127. The highest BCUT2D eigenvalue weighted by Gasteiger charge is 2.11. The molecule has 94 valence electrons. The van der Waals surface area contributed by atoms with Gasteiger partial charge in [-0.15, -0.1) is 11.3 Å².